The minimum absolute atomic E-state index is 0.265. The van der Waals surface area contributed by atoms with E-state index in [4.69, 9.17) is 5.11 Å². The molecule has 0 heterocycles. The zero-order chi connectivity index (χ0) is 15.8. The average molecular weight is 298 g/mol. The summed E-state index contributed by atoms with van der Waals surface area (Å²) in [7, 11) is 0. The predicted molar refractivity (Wildman–Crippen MR) is 86.0 cm³/mol. The van der Waals surface area contributed by atoms with E-state index in [-0.39, 0.29) is 6.42 Å². The Balaban J connectivity index is 3.33. The number of rotatable bonds is 13. The number of hydrogen-bond donors (Lipinski definition) is 1. The first-order chi connectivity index (χ1) is 10.2. The van der Waals surface area contributed by atoms with Gasteiger partial charge in [0.15, 0.2) is 6.17 Å². The van der Waals surface area contributed by atoms with Gasteiger partial charge in [0.1, 0.15) is 0 Å². The van der Waals surface area contributed by atoms with E-state index in [1.807, 2.05) is 0 Å². The molecule has 3 heteroatoms. The summed E-state index contributed by atoms with van der Waals surface area (Å²) in [5.74, 6) is 4.91. The fourth-order valence-electron chi connectivity index (χ4n) is 2.20. The van der Waals surface area contributed by atoms with Crippen LogP contribution in [0.3, 0.4) is 0 Å². The van der Waals surface area contributed by atoms with Gasteiger partial charge in [0.2, 0.25) is 0 Å². The molecule has 1 unspecified atom stereocenters. The van der Waals surface area contributed by atoms with E-state index < -0.39 is 12.1 Å². The molecule has 1 atom stereocenters. The summed E-state index contributed by atoms with van der Waals surface area (Å²) in [6.07, 6.45) is 11.2. The monoisotopic (exact) mass is 298 g/mol. The van der Waals surface area contributed by atoms with Crippen molar-refractivity contribution in [2.75, 3.05) is 0 Å². The number of halogens is 1. The van der Waals surface area contributed by atoms with Crippen molar-refractivity contribution in [2.45, 2.75) is 96.6 Å². The van der Waals surface area contributed by atoms with E-state index in [0.29, 0.717) is 6.42 Å². The lowest BCUT2D eigenvalue weighted by molar-refractivity contribution is -0.137. The van der Waals surface area contributed by atoms with Gasteiger partial charge in [-0.1, -0.05) is 57.8 Å². The number of unbranched alkanes of at least 4 members (excludes halogenated alkanes) is 9. The van der Waals surface area contributed by atoms with Crippen LogP contribution >= 0.6 is 0 Å². The zero-order valence-corrected chi connectivity index (χ0v) is 13.5. The summed E-state index contributed by atoms with van der Waals surface area (Å²) in [5, 5.41) is 8.49. The van der Waals surface area contributed by atoms with Crippen molar-refractivity contribution in [3.05, 3.63) is 0 Å². The van der Waals surface area contributed by atoms with E-state index in [9.17, 15) is 9.18 Å². The smallest absolute Gasteiger partial charge is 0.303 e. The van der Waals surface area contributed by atoms with Crippen molar-refractivity contribution in [1.82, 2.24) is 0 Å². The molecule has 0 aromatic heterocycles. The van der Waals surface area contributed by atoms with Gasteiger partial charge in [-0.15, -0.1) is 5.92 Å². The maximum atomic E-state index is 13.4. The van der Waals surface area contributed by atoms with Crippen LogP contribution in [0.5, 0.6) is 0 Å². The summed E-state index contributed by atoms with van der Waals surface area (Å²) in [6.45, 7) is 2.18. The van der Waals surface area contributed by atoms with E-state index in [1.54, 1.807) is 0 Å². The maximum absolute atomic E-state index is 13.4. The number of hydrogen-bond acceptors (Lipinski definition) is 1. The molecule has 0 amide bonds. The van der Waals surface area contributed by atoms with Crippen molar-refractivity contribution in [2.24, 2.45) is 0 Å². The quantitative estimate of drug-likeness (QED) is 0.360. The van der Waals surface area contributed by atoms with Gasteiger partial charge in [0.25, 0.3) is 0 Å². The summed E-state index contributed by atoms with van der Waals surface area (Å²) >= 11 is 0. The fourth-order valence-corrected chi connectivity index (χ4v) is 2.20. The highest BCUT2D eigenvalue weighted by Crippen LogP contribution is 2.09. The van der Waals surface area contributed by atoms with Gasteiger partial charge in [-0.3, -0.25) is 4.79 Å². The van der Waals surface area contributed by atoms with Gasteiger partial charge in [-0.2, -0.15) is 0 Å². The Kier molecular flexibility index (Phi) is 14.6. The highest BCUT2D eigenvalue weighted by molar-refractivity contribution is 5.66. The second-order valence-corrected chi connectivity index (χ2v) is 5.65. The molecule has 0 saturated heterocycles. The van der Waals surface area contributed by atoms with Crippen LogP contribution in [0.2, 0.25) is 0 Å². The molecule has 2 nitrogen and oxygen atoms in total. The first kappa shape index (κ1) is 20.0. The van der Waals surface area contributed by atoms with Crippen molar-refractivity contribution in [1.29, 1.82) is 0 Å². The first-order valence-corrected chi connectivity index (χ1v) is 8.51. The third-order valence-electron chi connectivity index (χ3n) is 3.51. The molecule has 0 spiro atoms. The molecular formula is C18H31FO2. The lowest BCUT2D eigenvalue weighted by Crippen LogP contribution is -1.95. The molecule has 0 aliphatic rings. The molecule has 0 saturated carbocycles. The molecule has 21 heavy (non-hydrogen) atoms. The van der Waals surface area contributed by atoms with Crippen molar-refractivity contribution in [3.63, 3.8) is 0 Å². The van der Waals surface area contributed by atoms with Gasteiger partial charge in [-0.25, -0.2) is 4.39 Å². The highest BCUT2D eigenvalue weighted by atomic mass is 19.1. The molecule has 0 bridgehead atoms. The van der Waals surface area contributed by atoms with Crippen LogP contribution in [0.1, 0.15) is 90.4 Å². The fraction of sp³-hybridized carbons (Fsp3) is 0.833. The molecule has 1 N–H and O–H groups in total. The van der Waals surface area contributed by atoms with E-state index in [1.165, 1.54) is 19.3 Å². The molecule has 0 aromatic rings. The lowest BCUT2D eigenvalue weighted by Gasteiger charge is -2.01. The largest absolute Gasteiger partial charge is 0.481 e. The predicted octanol–water partition coefficient (Wildman–Crippen LogP) is 5.50. The molecule has 0 aliphatic heterocycles. The summed E-state index contributed by atoms with van der Waals surface area (Å²) < 4.78 is 13.4. The van der Waals surface area contributed by atoms with E-state index in [2.05, 4.69) is 18.8 Å². The number of carboxylic acid groups (broad SMARTS) is 1. The Hall–Kier alpha value is -1.04. The van der Waals surface area contributed by atoms with Crippen LogP contribution in [-0.4, -0.2) is 17.2 Å². The SMILES string of the molecule is CCCCCCCC(F)C#CCCCCCCCC(=O)O. The Labute approximate surface area is 129 Å². The molecule has 0 aromatic carbocycles. The summed E-state index contributed by atoms with van der Waals surface area (Å²) in [4.78, 5) is 10.3. The van der Waals surface area contributed by atoms with Crippen molar-refractivity contribution >= 4 is 5.97 Å². The topological polar surface area (TPSA) is 37.3 Å². The molecule has 122 valence electrons. The molecule has 0 fully saturated rings. The van der Waals surface area contributed by atoms with Crippen LogP contribution in [0.15, 0.2) is 0 Å². The third-order valence-corrected chi connectivity index (χ3v) is 3.51. The van der Waals surface area contributed by atoms with Gasteiger partial charge >= 0.3 is 5.97 Å². The highest BCUT2D eigenvalue weighted by Gasteiger charge is 2.00. The molecule has 0 radical (unpaired) electrons. The summed E-state index contributed by atoms with van der Waals surface area (Å²) in [6, 6.07) is 0. The minimum atomic E-state index is -0.956. The van der Waals surface area contributed by atoms with Crippen LogP contribution in [0, 0.1) is 11.8 Å². The maximum Gasteiger partial charge on any atom is 0.303 e. The molecular weight excluding hydrogens is 267 g/mol. The first-order valence-electron chi connectivity index (χ1n) is 8.51. The molecule has 0 aliphatic carbocycles. The third kappa shape index (κ3) is 16.9. The summed E-state index contributed by atoms with van der Waals surface area (Å²) in [5.41, 5.74) is 0. The zero-order valence-electron chi connectivity index (χ0n) is 13.5. The molecule has 0 rings (SSSR count). The number of aliphatic carboxylic acids is 1. The van der Waals surface area contributed by atoms with Crippen molar-refractivity contribution in [3.8, 4) is 11.8 Å². The minimum Gasteiger partial charge on any atom is -0.481 e. The standard InChI is InChI=1S/C18H31FO2/c1-2-3-4-8-11-14-17(19)15-12-9-6-5-7-10-13-16-18(20)21/h17H,2-11,13-14,16H2,1H3,(H,20,21). The number of carbonyl (C=O) groups is 1. The van der Waals surface area contributed by atoms with Crippen LogP contribution in [0.25, 0.3) is 0 Å². The Morgan fingerprint density at radius 1 is 1.00 bits per heavy atom. The van der Waals surface area contributed by atoms with Crippen LogP contribution in [-0.2, 0) is 4.79 Å². The van der Waals surface area contributed by atoms with Crippen LogP contribution < -0.4 is 0 Å². The second kappa shape index (κ2) is 15.4. The second-order valence-electron chi connectivity index (χ2n) is 5.65. The Morgan fingerprint density at radius 3 is 2.33 bits per heavy atom. The van der Waals surface area contributed by atoms with Gasteiger partial charge < -0.3 is 5.11 Å². The van der Waals surface area contributed by atoms with Gasteiger partial charge in [0, 0.05) is 12.8 Å². The number of alkyl halides is 1. The van der Waals surface area contributed by atoms with E-state index >= 15 is 0 Å². The van der Waals surface area contributed by atoms with E-state index in [0.717, 1.165) is 51.4 Å². The Morgan fingerprint density at radius 2 is 1.62 bits per heavy atom. The Bertz CT molecular complexity index is 304. The van der Waals surface area contributed by atoms with Crippen LogP contribution in [0.4, 0.5) is 4.39 Å². The van der Waals surface area contributed by atoms with Gasteiger partial charge in [-0.05, 0) is 25.7 Å². The van der Waals surface area contributed by atoms with Gasteiger partial charge in [0.05, 0.1) is 0 Å². The average Bonchev–Trinajstić information content (AvgIpc) is 2.45. The number of carboxylic acids is 1. The normalized spacial score (nSPS) is 11.7. The lowest BCUT2D eigenvalue weighted by atomic mass is 10.1. The van der Waals surface area contributed by atoms with Crippen molar-refractivity contribution < 1.29 is 14.3 Å².